The van der Waals surface area contributed by atoms with E-state index in [-0.39, 0.29) is 0 Å². The van der Waals surface area contributed by atoms with Crippen molar-refractivity contribution in [3.05, 3.63) is 48.0 Å². The first-order valence-corrected chi connectivity index (χ1v) is 9.38. The van der Waals surface area contributed by atoms with Gasteiger partial charge in [0, 0.05) is 32.5 Å². The van der Waals surface area contributed by atoms with Gasteiger partial charge >= 0.3 is 0 Å². The first kappa shape index (κ1) is 17.6. The van der Waals surface area contributed by atoms with E-state index in [1.807, 2.05) is 12.1 Å². The highest BCUT2D eigenvalue weighted by Gasteiger charge is 2.21. The van der Waals surface area contributed by atoms with Gasteiger partial charge in [-0.15, -0.1) is 0 Å². The first-order valence-electron chi connectivity index (χ1n) is 9.38. The van der Waals surface area contributed by atoms with Crippen molar-refractivity contribution in [3.8, 4) is 0 Å². The first-order chi connectivity index (χ1) is 13.2. The number of carbonyl (C=O) groups excluding carboxylic acids is 1. The van der Waals surface area contributed by atoms with E-state index in [1.54, 1.807) is 12.4 Å². The fraction of sp³-hybridized carbons (Fsp3) is 0.400. The molecule has 1 aliphatic heterocycles. The third kappa shape index (κ3) is 3.83. The van der Waals surface area contributed by atoms with E-state index >= 15 is 0 Å². The zero-order valence-corrected chi connectivity index (χ0v) is 15.5. The molecule has 1 fully saturated rings. The summed E-state index contributed by atoms with van der Waals surface area (Å²) < 4.78 is 2.16. The van der Waals surface area contributed by atoms with Crippen LogP contribution in [0.15, 0.2) is 36.7 Å². The minimum atomic E-state index is 0.514. The fourth-order valence-electron chi connectivity index (χ4n) is 3.63. The van der Waals surface area contributed by atoms with Crippen LogP contribution in [0.25, 0.3) is 11.0 Å². The van der Waals surface area contributed by atoms with Gasteiger partial charge in [0.1, 0.15) is 5.82 Å². The second-order valence-electron chi connectivity index (χ2n) is 7.07. The highest BCUT2D eigenvalue weighted by atomic mass is 16.1. The molecule has 0 saturated carbocycles. The standard InChI is InChI=1S/C20H24N6O/c1-25-18-5-3-2-4-17(18)24-19(25)13-21-10-15-6-8-26(9-7-15)20-22-11-16(14-27)12-23-20/h2-5,11-12,14-15,21H,6-10,13H2,1H3. The predicted molar refractivity (Wildman–Crippen MR) is 105 cm³/mol. The summed E-state index contributed by atoms with van der Waals surface area (Å²) in [5, 5.41) is 3.57. The number of imidazole rings is 1. The van der Waals surface area contributed by atoms with Crippen molar-refractivity contribution >= 4 is 23.3 Å². The minimum Gasteiger partial charge on any atom is -0.341 e. The number of carbonyl (C=O) groups is 1. The summed E-state index contributed by atoms with van der Waals surface area (Å²) in [5.74, 6) is 2.43. The van der Waals surface area contributed by atoms with Gasteiger partial charge in [0.15, 0.2) is 6.29 Å². The number of hydrogen-bond donors (Lipinski definition) is 1. The van der Waals surface area contributed by atoms with Gasteiger partial charge in [-0.2, -0.15) is 0 Å². The summed E-state index contributed by atoms with van der Waals surface area (Å²) in [6.45, 7) is 3.65. The Hall–Kier alpha value is -2.80. The largest absolute Gasteiger partial charge is 0.341 e. The molecular formula is C20H24N6O. The van der Waals surface area contributed by atoms with E-state index < -0.39 is 0 Å². The van der Waals surface area contributed by atoms with Crippen LogP contribution >= 0.6 is 0 Å². The lowest BCUT2D eigenvalue weighted by atomic mass is 9.97. The van der Waals surface area contributed by atoms with E-state index in [9.17, 15) is 4.79 Å². The van der Waals surface area contributed by atoms with Gasteiger partial charge in [-0.3, -0.25) is 4.79 Å². The Morgan fingerprint density at radius 2 is 1.93 bits per heavy atom. The Bertz CT molecular complexity index is 912. The smallest absolute Gasteiger partial charge is 0.225 e. The lowest BCUT2D eigenvalue weighted by molar-refractivity contribution is 0.112. The zero-order chi connectivity index (χ0) is 18.6. The second kappa shape index (κ2) is 7.84. The number of hydrogen-bond acceptors (Lipinski definition) is 6. The van der Waals surface area contributed by atoms with E-state index in [0.29, 0.717) is 17.4 Å². The summed E-state index contributed by atoms with van der Waals surface area (Å²) in [6, 6.07) is 8.23. The Kier molecular flexibility index (Phi) is 5.11. The van der Waals surface area contributed by atoms with Crippen LogP contribution in [0.1, 0.15) is 29.0 Å². The Balaban J connectivity index is 1.26. The van der Waals surface area contributed by atoms with Crippen LogP contribution in [0.5, 0.6) is 0 Å². The van der Waals surface area contributed by atoms with Crippen molar-refractivity contribution in [3.63, 3.8) is 0 Å². The van der Waals surface area contributed by atoms with Gasteiger partial charge in [0.25, 0.3) is 0 Å². The molecule has 0 amide bonds. The van der Waals surface area contributed by atoms with Gasteiger partial charge in [-0.25, -0.2) is 15.0 Å². The van der Waals surface area contributed by atoms with Crippen LogP contribution in [0.2, 0.25) is 0 Å². The molecule has 2 aromatic heterocycles. The molecule has 3 heterocycles. The molecule has 0 atom stereocenters. The van der Waals surface area contributed by atoms with Crippen molar-refractivity contribution in [1.29, 1.82) is 0 Å². The molecule has 1 aromatic carbocycles. The quantitative estimate of drug-likeness (QED) is 0.676. The molecule has 140 valence electrons. The van der Waals surface area contributed by atoms with E-state index in [1.165, 1.54) is 5.52 Å². The number of piperidine rings is 1. The highest BCUT2D eigenvalue weighted by Crippen LogP contribution is 2.20. The molecule has 0 unspecified atom stereocenters. The molecule has 1 saturated heterocycles. The number of anilines is 1. The Labute approximate surface area is 158 Å². The van der Waals surface area contributed by atoms with E-state index in [0.717, 1.165) is 56.6 Å². The van der Waals surface area contributed by atoms with Gasteiger partial charge in [0.05, 0.1) is 23.1 Å². The molecule has 0 spiro atoms. The van der Waals surface area contributed by atoms with Gasteiger partial charge in [-0.05, 0) is 37.4 Å². The summed E-state index contributed by atoms with van der Waals surface area (Å²) >= 11 is 0. The number of aromatic nitrogens is 4. The third-order valence-corrected chi connectivity index (χ3v) is 5.29. The number of benzene rings is 1. The average molecular weight is 364 g/mol. The van der Waals surface area contributed by atoms with Crippen LogP contribution in [0.4, 0.5) is 5.95 Å². The molecule has 0 radical (unpaired) electrons. The molecule has 7 nitrogen and oxygen atoms in total. The fourth-order valence-corrected chi connectivity index (χ4v) is 3.63. The van der Waals surface area contributed by atoms with Crippen molar-refractivity contribution in [2.45, 2.75) is 19.4 Å². The zero-order valence-electron chi connectivity index (χ0n) is 15.5. The minimum absolute atomic E-state index is 0.514. The van der Waals surface area contributed by atoms with E-state index in [2.05, 4.69) is 43.9 Å². The maximum atomic E-state index is 10.7. The summed E-state index contributed by atoms with van der Waals surface area (Å²) in [6.07, 6.45) is 6.15. The van der Waals surface area contributed by atoms with Crippen LogP contribution in [0.3, 0.4) is 0 Å². The number of nitrogens with one attached hydrogen (secondary N) is 1. The number of rotatable bonds is 6. The van der Waals surface area contributed by atoms with Crippen LogP contribution < -0.4 is 10.2 Å². The van der Waals surface area contributed by atoms with Crippen molar-refractivity contribution in [2.75, 3.05) is 24.5 Å². The normalized spacial score (nSPS) is 15.4. The SMILES string of the molecule is Cn1c(CNCC2CCN(c3ncc(C=O)cn3)CC2)nc2ccccc21. The summed E-state index contributed by atoms with van der Waals surface area (Å²) in [7, 11) is 2.07. The maximum absolute atomic E-state index is 10.7. The topological polar surface area (TPSA) is 75.9 Å². The summed E-state index contributed by atoms with van der Waals surface area (Å²) in [5.41, 5.74) is 2.73. The van der Waals surface area contributed by atoms with Gasteiger partial charge in [0.2, 0.25) is 5.95 Å². The number of aryl methyl sites for hydroxylation is 1. The number of para-hydroxylation sites is 2. The molecule has 1 aliphatic rings. The third-order valence-electron chi connectivity index (χ3n) is 5.29. The molecular weight excluding hydrogens is 340 g/mol. The number of fused-ring (bicyclic) bond motifs is 1. The van der Waals surface area contributed by atoms with E-state index in [4.69, 9.17) is 4.98 Å². The van der Waals surface area contributed by atoms with Crippen LogP contribution in [0, 0.1) is 5.92 Å². The molecule has 4 rings (SSSR count). The average Bonchev–Trinajstić information content (AvgIpc) is 3.05. The molecule has 1 N–H and O–H groups in total. The highest BCUT2D eigenvalue weighted by molar-refractivity contribution is 5.75. The summed E-state index contributed by atoms with van der Waals surface area (Å²) in [4.78, 5) is 26.2. The lowest BCUT2D eigenvalue weighted by Crippen LogP contribution is -2.38. The number of aldehydes is 1. The van der Waals surface area contributed by atoms with Gasteiger partial charge in [-0.1, -0.05) is 12.1 Å². The Morgan fingerprint density at radius 3 is 2.63 bits per heavy atom. The molecule has 3 aromatic rings. The molecule has 0 aliphatic carbocycles. The van der Waals surface area contributed by atoms with Gasteiger partial charge < -0.3 is 14.8 Å². The van der Waals surface area contributed by atoms with Crippen LogP contribution in [-0.2, 0) is 13.6 Å². The molecule has 27 heavy (non-hydrogen) atoms. The monoisotopic (exact) mass is 364 g/mol. The second-order valence-corrected chi connectivity index (χ2v) is 7.07. The van der Waals surface area contributed by atoms with Crippen molar-refractivity contribution < 1.29 is 4.79 Å². The maximum Gasteiger partial charge on any atom is 0.225 e. The predicted octanol–water partition coefficient (Wildman–Crippen LogP) is 2.18. The van der Waals surface area contributed by atoms with Crippen LogP contribution in [-0.4, -0.2) is 45.4 Å². The molecule has 7 heteroatoms. The lowest BCUT2D eigenvalue weighted by Gasteiger charge is -2.32. The Morgan fingerprint density at radius 1 is 1.19 bits per heavy atom. The number of nitrogens with zero attached hydrogens (tertiary/aromatic N) is 5. The van der Waals surface area contributed by atoms with Crippen molar-refractivity contribution in [2.24, 2.45) is 13.0 Å². The molecule has 0 bridgehead atoms. The van der Waals surface area contributed by atoms with Crippen molar-refractivity contribution in [1.82, 2.24) is 24.8 Å².